The zero-order valence-corrected chi connectivity index (χ0v) is 13.2. The quantitative estimate of drug-likeness (QED) is 0.830. The predicted octanol–water partition coefficient (Wildman–Crippen LogP) is 4.51. The van der Waals surface area contributed by atoms with Gasteiger partial charge >= 0.3 is 0 Å². The molecule has 3 heterocycles. The molecule has 0 spiro atoms. The Labute approximate surface area is 124 Å². The number of aromatic nitrogens is 1. The van der Waals surface area contributed by atoms with Crippen LogP contribution in [0.5, 0.6) is 0 Å². The van der Waals surface area contributed by atoms with Crippen molar-refractivity contribution in [1.29, 1.82) is 0 Å². The van der Waals surface area contributed by atoms with Crippen molar-refractivity contribution in [3.05, 3.63) is 39.4 Å². The number of nitrogens with zero attached hydrogens (tertiary/aromatic N) is 2. The topological polar surface area (TPSA) is 29.3 Å². The summed E-state index contributed by atoms with van der Waals surface area (Å²) in [5.41, 5.74) is 1.11. The molecule has 3 nitrogen and oxygen atoms in total. The van der Waals surface area contributed by atoms with Crippen LogP contribution in [0.4, 0.5) is 0 Å². The largest absolute Gasteiger partial charge is 0.361 e. The molecule has 1 aliphatic rings. The van der Waals surface area contributed by atoms with Crippen LogP contribution in [0.15, 0.2) is 22.7 Å². The normalized spacial score (nSPS) is 20.1. The molecular weight excluding hydrogens is 268 g/mol. The van der Waals surface area contributed by atoms with Gasteiger partial charge in [-0.25, -0.2) is 0 Å². The molecule has 1 fully saturated rings. The number of thiophene rings is 1. The molecular formula is C16H22N2OS. The Bertz CT molecular complexity index is 573. The van der Waals surface area contributed by atoms with E-state index in [-0.39, 0.29) is 0 Å². The minimum absolute atomic E-state index is 0.408. The molecule has 108 valence electrons. The molecule has 4 heteroatoms. The first-order valence-electron chi connectivity index (χ1n) is 7.39. The van der Waals surface area contributed by atoms with Gasteiger partial charge in [-0.2, -0.15) is 0 Å². The summed E-state index contributed by atoms with van der Waals surface area (Å²) in [6.07, 6.45) is 2.44. The average Bonchev–Trinajstić information content (AvgIpc) is 3.10. The zero-order valence-electron chi connectivity index (χ0n) is 12.4. The first kappa shape index (κ1) is 13.8. The maximum Gasteiger partial charge on any atom is 0.139 e. The molecule has 0 aromatic carbocycles. The molecule has 1 aliphatic heterocycles. The Morgan fingerprint density at radius 3 is 2.95 bits per heavy atom. The Morgan fingerprint density at radius 2 is 2.30 bits per heavy atom. The molecule has 20 heavy (non-hydrogen) atoms. The molecule has 3 rings (SSSR count). The van der Waals surface area contributed by atoms with Crippen LogP contribution in [0.1, 0.15) is 59.9 Å². The average molecular weight is 290 g/mol. The lowest BCUT2D eigenvalue weighted by Gasteiger charge is -2.21. The van der Waals surface area contributed by atoms with Gasteiger partial charge in [-0.05, 0) is 38.4 Å². The van der Waals surface area contributed by atoms with Crippen LogP contribution in [-0.4, -0.2) is 16.6 Å². The summed E-state index contributed by atoms with van der Waals surface area (Å²) < 4.78 is 5.47. The van der Waals surface area contributed by atoms with Crippen molar-refractivity contribution >= 4 is 11.3 Å². The van der Waals surface area contributed by atoms with Gasteiger partial charge in [0.15, 0.2) is 0 Å². The van der Waals surface area contributed by atoms with Crippen LogP contribution in [0, 0.1) is 6.92 Å². The second-order valence-corrected chi connectivity index (χ2v) is 7.32. The van der Waals surface area contributed by atoms with E-state index in [0.717, 1.165) is 24.5 Å². The minimum Gasteiger partial charge on any atom is -0.361 e. The second kappa shape index (κ2) is 5.70. The summed E-state index contributed by atoms with van der Waals surface area (Å²) in [5, 5.41) is 4.30. The van der Waals surface area contributed by atoms with E-state index in [2.05, 4.69) is 49.0 Å². The van der Waals surface area contributed by atoms with E-state index >= 15 is 0 Å². The number of aryl methyl sites for hydroxylation is 1. The summed E-state index contributed by atoms with van der Waals surface area (Å²) in [7, 11) is 0. The monoisotopic (exact) mass is 290 g/mol. The lowest BCUT2D eigenvalue weighted by Crippen LogP contribution is -2.22. The van der Waals surface area contributed by atoms with E-state index in [4.69, 9.17) is 4.52 Å². The first-order valence-corrected chi connectivity index (χ1v) is 8.21. The summed E-state index contributed by atoms with van der Waals surface area (Å²) in [5.74, 6) is 1.41. The third-order valence-corrected chi connectivity index (χ3v) is 4.96. The molecule has 0 radical (unpaired) electrons. The Balaban J connectivity index is 1.74. The smallest absolute Gasteiger partial charge is 0.139 e. The van der Waals surface area contributed by atoms with Gasteiger partial charge in [0.2, 0.25) is 0 Å². The van der Waals surface area contributed by atoms with Crippen molar-refractivity contribution in [2.75, 3.05) is 6.54 Å². The van der Waals surface area contributed by atoms with Gasteiger partial charge in [-0.1, -0.05) is 19.0 Å². The molecule has 0 bridgehead atoms. The standard InChI is InChI=1S/C16H22N2OS/c1-11(2)16-9-14(17-19-16)15-5-4-8-18(15)10-13-7-6-12(3)20-13/h6-7,9,11,15H,4-5,8,10H2,1-3H3/t15-/m0/s1. The van der Waals surface area contributed by atoms with Gasteiger partial charge in [0.1, 0.15) is 11.5 Å². The fourth-order valence-electron chi connectivity index (χ4n) is 2.85. The van der Waals surface area contributed by atoms with Crippen molar-refractivity contribution in [2.45, 2.75) is 52.1 Å². The SMILES string of the molecule is Cc1ccc(CN2CCC[C@H]2c2cc(C(C)C)on2)s1. The highest BCUT2D eigenvalue weighted by atomic mass is 32.1. The molecule has 2 aromatic rings. The van der Waals surface area contributed by atoms with Crippen molar-refractivity contribution < 1.29 is 4.52 Å². The second-order valence-electron chi connectivity index (χ2n) is 5.95. The van der Waals surface area contributed by atoms with Crippen molar-refractivity contribution in [3.8, 4) is 0 Å². The molecule has 0 unspecified atom stereocenters. The lowest BCUT2D eigenvalue weighted by molar-refractivity contribution is 0.238. The minimum atomic E-state index is 0.408. The fourth-order valence-corrected chi connectivity index (χ4v) is 3.77. The predicted molar refractivity (Wildman–Crippen MR) is 82.0 cm³/mol. The summed E-state index contributed by atoms with van der Waals surface area (Å²) in [6.45, 7) is 8.65. The Kier molecular flexibility index (Phi) is 3.94. The Morgan fingerprint density at radius 1 is 1.45 bits per heavy atom. The van der Waals surface area contributed by atoms with Crippen LogP contribution >= 0.6 is 11.3 Å². The molecule has 0 saturated carbocycles. The summed E-state index contributed by atoms with van der Waals surface area (Å²) in [6, 6.07) is 7.02. The van der Waals surface area contributed by atoms with Crippen molar-refractivity contribution in [1.82, 2.24) is 10.1 Å². The van der Waals surface area contributed by atoms with Crippen LogP contribution in [-0.2, 0) is 6.54 Å². The molecule has 1 atom stereocenters. The third-order valence-electron chi connectivity index (χ3n) is 3.98. The van der Waals surface area contributed by atoms with Gasteiger partial charge in [-0.3, -0.25) is 4.90 Å². The highest BCUT2D eigenvalue weighted by molar-refractivity contribution is 7.11. The van der Waals surface area contributed by atoms with E-state index < -0.39 is 0 Å². The number of hydrogen-bond acceptors (Lipinski definition) is 4. The van der Waals surface area contributed by atoms with E-state index in [1.165, 1.54) is 22.6 Å². The van der Waals surface area contributed by atoms with E-state index in [1.807, 2.05) is 11.3 Å². The zero-order chi connectivity index (χ0) is 14.1. The van der Waals surface area contributed by atoms with E-state index in [9.17, 15) is 0 Å². The van der Waals surface area contributed by atoms with Crippen molar-refractivity contribution in [2.24, 2.45) is 0 Å². The van der Waals surface area contributed by atoms with Crippen LogP contribution < -0.4 is 0 Å². The third kappa shape index (κ3) is 2.81. The molecule has 0 N–H and O–H groups in total. The van der Waals surface area contributed by atoms with Crippen molar-refractivity contribution in [3.63, 3.8) is 0 Å². The number of likely N-dealkylation sites (tertiary alicyclic amines) is 1. The Hall–Kier alpha value is -1.13. The highest BCUT2D eigenvalue weighted by Crippen LogP contribution is 2.34. The first-order chi connectivity index (χ1) is 9.63. The van der Waals surface area contributed by atoms with Gasteiger partial charge in [0, 0.05) is 28.3 Å². The van der Waals surface area contributed by atoms with Gasteiger partial charge in [0.05, 0.1) is 6.04 Å². The van der Waals surface area contributed by atoms with Gasteiger partial charge < -0.3 is 4.52 Å². The van der Waals surface area contributed by atoms with Crippen LogP contribution in [0.25, 0.3) is 0 Å². The molecule has 1 saturated heterocycles. The highest BCUT2D eigenvalue weighted by Gasteiger charge is 2.29. The van der Waals surface area contributed by atoms with Gasteiger partial charge in [0.25, 0.3) is 0 Å². The summed E-state index contributed by atoms with van der Waals surface area (Å²) >= 11 is 1.90. The van der Waals surface area contributed by atoms with E-state index in [0.29, 0.717) is 12.0 Å². The molecule has 0 aliphatic carbocycles. The maximum absolute atomic E-state index is 5.47. The summed E-state index contributed by atoms with van der Waals surface area (Å²) in [4.78, 5) is 5.37. The lowest BCUT2D eigenvalue weighted by atomic mass is 10.1. The number of rotatable bonds is 4. The fraction of sp³-hybridized carbons (Fsp3) is 0.562. The van der Waals surface area contributed by atoms with E-state index in [1.54, 1.807) is 0 Å². The maximum atomic E-state index is 5.47. The van der Waals surface area contributed by atoms with Crippen LogP contribution in [0.2, 0.25) is 0 Å². The molecule has 0 amide bonds. The number of hydrogen-bond donors (Lipinski definition) is 0. The molecule has 2 aromatic heterocycles. The van der Waals surface area contributed by atoms with Crippen LogP contribution in [0.3, 0.4) is 0 Å². The van der Waals surface area contributed by atoms with Gasteiger partial charge in [-0.15, -0.1) is 11.3 Å².